The van der Waals surface area contributed by atoms with Crippen LogP contribution in [0.25, 0.3) is 0 Å². The Morgan fingerprint density at radius 3 is 2.80 bits per heavy atom. The van der Waals surface area contributed by atoms with Gasteiger partial charge in [-0.2, -0.15) is 0 Å². The smallest absolute Gasteiger partial charge is 0.315 e. The van der Waals surface area contributed by atoms with Crippen molar-refractivity contribution in [2.24, 2.45) is 11.8 Å². The summed E-state index contributed by atoms with van der Waals surface area (Å²) < 4.78 is 0. The first-order valence-electron chi connectivity index (χ1n) is 7.28. The first kappa shape index (κ1) is 14.9. The van der Waals surface area contributed by atoms with Crippen LogP contribution in [0.1, 0.15) is 37.9 Å². The lowest BCUT2D eigenvalue weighted by atomic mass is 10.0. The van der Waals surface area contributed by atoms with Crippen LogP contribution in [0.3, 0.4) is 0 Å². The molecular formula is C16H24N2O2. The number of hydrogen-bond donors (Lipinski definition) is 3. The Kier molecular flexibility index (Phi) is 4.65. The minimum atomic E-state index is -0.161. The van der Waals surface area contributed by atoms with Crippen LogP contribution < -0.4 is 10.6 Å². The maximum atomic E-state index is 12.1. The van der Waals surface area contributed by atoms with Gasteiger partial charge in [0.1, 0.15) is 0 Å². The third-order valence-electron chi connectivity index (χ3n) is 4.29. The summed E-state index contributed by atoms with van der Waals surface area (Å²) in [6, 6.07) is 8.13. The maximum Gasteiger partial charge on any atom is 0.315 e. The van der Waals surface area contributed by atoms with Crippen LogP contribution in [-0.2, 0) is 6.42 Å². The Morgan fingerprint density at radius 2 is 2.10 bits per heavy atom. The van der Waals surface area contributed by atoms with Gasteiger partial charge < -0.3 is 15.7 Å². The van der Waals surface area contributed by atoms with Crippen LogP contribution in [0.5, 0.6) is 0 Å². The number of urea groups is 1. The molecule has 4 heteroatoms. The van der Waals surface area contributed by atoms with E-state index in [0.29, 0.717) is 5.92 Å². The summed E-state index contributed by atoms with van der Waals surface area (Å²) in [7, 11) is 0. The minimum Gasteiger partial charge on any atom is -0.396 e. The molecule has 3 N–H and O–H groups in total. The number of hydrogen-bond acceptors (Lipinski definition) is 2. The van der Waals surface area contributed by atoms with Gasteiger partial charge in [0.2, 0.25) is 0 Å². The highest BCUT2D eigenvalue weighted by Gasteiger charge is 2.30. The average molecular weight is 276 g/mol. The predicted octanol–water partition coefficient (Wildman–Crippen LogP) is 2.24. The van der Waals surface area contributed by atoms with Crippen molar-refractivity contribution in [2.75, 3.05) is 6.61 Å². The van der Waals surface area contributed by atoms with E-state index >= 15 is 0 Å². The Morgan fingerprint density at radius 1 is 1.40 bits per heavy atom. The van der Waals surface area contributed by atoms with E-state index in [1.165, 1.54) is 11.1 Å². The summed E-state index contributed by atoms with van der Waals surface area (Å²) in [6.07, 6.45) is 1.00. The second-order valence-corrected chi connectivity index (χ2v) is 5.92. The molecule has 1 aliphatic carbocycles. The van der Waals surface area contributed by atoms with Gasteiger partial charge in [-0.25, -0.2) is 4.79 Å². The third kappa shape index (κ3) is 3.12. The van der Waals surface area contributed by atoms with E-state index in [1.807, 2.05) is 26.0 Å². The Bertz CT molecular complexity index is 475. The number of rotatable bonds is 4. The molecule has 1 aliphatic rings. The summed E-state index contributed by atoms with van der Waals surface area (Å²) in [5.41, 5.74) is 2.54. The molecule has 0 aliphatic heterocycles. The molecule has 0 aromatic heterocycles. The van der Waals surface area contributed by atoms with Gasteiger partial charge in [0.05, 0.1) is 6.04 Å². The van der Waals surface area contributed by atoms with Crippen molar-refractivity contribution in [3.05, 3.63) is 35.4 Å². The molecule has 110 valence electrons. The van der Waals surface area contributed by atoms with Gasteiger partial charge in [-0.15, -0.1) is 0 Å². The highest BCUT2D eigenvalue weighted by molar-refractivity contribution is 5.75. The second kappa shape index (κ2) is 6.27. The van der Waals surface area contributed by atoms with E-state index < -0.39 is 0 Å². The number of aliphatic hydroxyl groups excluding tert-OH is 1. The topological polar surface area (TPSA) is 61.4 Å². The molecule has 4 nitrogen and oxygen atoms in total. The van der Waals surface area contributed by atoms with Crippen LogP contribution in [0.15, 0.2) is 24.3 Å². The molecule has 2 rings (SSSR count). The van der Waals surface area contributed by atoms with Crippen LogP contribution in [-0.4, -0.2) is 23.8 Å². The van der Waals surface area contributed by atoms with Gasteiger partial charge in [0, 0.05) is 12.6 Å². The van der Waals surface area contributed by atoms with Gasteiger partial charge in [0.15, 0.2) is 0 Å². The number of nitrogens with one attached hydrogen (secondary N) is 2. The van der Waals surface area contributed by atoms with Gasteiger partial charge >= 0.3 is 6.03 Å². The van der Waals surface area contributed by atoms with Crippen molar-refractivity contribution < 1.29 is 9.90 Å². The van der Waals surface area contributed by atoms with Crippen molar-refractivity contribution in [3.63, 3.8) is 0 Å². The second-order valence-electron chi connectivity index (χ2n) is 5.92. The summed E-state index contributed by atoms with van der Waals surface area (Å²) in [4.78, 5) is 12.1. The minimum absolute atomic E-state index is 0.0491. The van der Waals surface area contributed by atoms with Crippen LogP contribution in [0.4, 0.5) is 4.79 Å². The molecule has 1 aromatic carbocycles. The van der Waals surface area contributed by atoms with Gasteiger partial charge in [-0.1, -0.05) is 38.1 Å². The quantitative estimate of drug-likeness (QED) is 0.790. The SMILES string of the molecule is CC(CO)C(C)NC(=O)NC1c2ccccc2CC1C. The molecule has 0 saturated carbocycles. The van der Waals surface area contributed by atoms with E-state index in [1.54, 1.807) is 0 Å². The highest BCUT2D eigenvalue weighted by atomic mass is 16.3. The van der Waals surface area contributed by atoms with Crippen molar-refractivity contribution in [3.8, 4) is 0 Å². The van der Waals surface area contributed by atoms with E-state index in [4.69, 9.17) is 5.11 Å². The number of aliphatic hydroxyl groups is 1. The zero-order chi connectivity index (χ0) is 14.7. The van der Waals surface area contributed by atoms with E-state index in [-0.39, 0.29) is 30.6 Å². The largest absolute Gasteiger partial charge is 0.396 e. The Labute approximate surface area is 120 Å². The summed E-state index contributed by atoms with van der Waals surface area (Å²) in [6.45, 7) is 6.06. The van der Waals surface area contributed by atoms with Gasteiger partial charge in [-0.3, -0.25) is 0 Å². The molecular weight excluding hydrogens is 252 g/mol. The first-order valence-corrected chi connectivity index (χ1v) is 7.28. The molecule has 20 heavy (non-hydrogen) atoms. The highest BCUT2D eigenvalue weighted by Crippen LogP contribution is 2.35. The number of amides is 2. The van der Waals surface area contributed by atoms with Gasteiger partial charge in [-0.05, 0) is 36.3 Å². The molecule has 4 atom stereocenters. The fourth-order valence-electron chi connectivity index (χ4n) is 2.70. The van der Waals surface area contributed by atoms with E-state index in [9.17, 15) is 4.79 Å². The van der Waals surface area contributed by atoms with Crippen LogP contribution in [0.2, 0.25) is 0 Å². The lowest BCUT2D eigenvalue weighted by molar-refractivity contribution is 0.198. The Balaban J connectivity index is 1.98. The normalized spacial score (nSPS) is 23.8. The molecule has 0 fully saturated rings. The maximum absolute atomic E-state index is 12.1. The molecule has 4 unspecified atom stereocenters. The van der Waals surface area contributed by atoms with Crippen molar-refractivity contribution >= 4 is 6.03 Å². The summed E-state index contributed by atoms with van der Waals surface area (Å²) in [5, 5.41) is 15.1. The molecule has 0 heterocycles. The monoisotopic (exact) mass is 276 g/mol. The lowest BCUT2D eigenvalue weighted by Gasteiger charge is -2.23. The van der Waals surface area contributed by atoms with Crippen molar-refractivity contribution in [2.45, 2.75) is 39.3 Å². The standard InChI is InChI=1S/C16H24N2O2/c1-10-8-13-6-4-5-7-14(13)15(10)18-16(20)17-12(3)11(2)9-19/h4-7,10-12,15,19H,8-9H2,1-3H3,(H2,17,18,20). The summed E-state index contributed by atoms with van der Waals surface area (Å²) in [5.74, 6) is 0.456. The third-order valence-corrected chi connectivity index (χ3v) is 4.29. The number of benzene rings is 1. The van der Waals surface area contributed by atoms with Crippen LogP contribution in [0, 0.1) is 11.8 Å². The number of fused-ring (bicyclic) bond motifs is 1. The Hall–Kier alpha value is -1.55. The zero-order valence-corrected chi connectivity index (χ0v) is 12.4. The molecule has 2 amide bonds. The molecule has 1 aromatic rings. The number of carbonyl (C=O) groups excluding carboxylic acids is 1. The summed E-state index contributed by atoms with van der Waals surface area (Å²) >= 11 is 0. The molecule has 0 spiro atoms. The fourth-order valence-corrected chi connectivity index (χ4v) is 2.70. The zero-order valence-electron chi connectivity index (χ0n) is 12.4. The van der Waals surface area contributed by atoms with Crippen molar-refractivity contribution in [1.82, 2.24) is 10.6 Å². The molecule has 0 bridgehead atoms. The molecule has 0 saturated heterocycles. The predicted molar refractivity (Wildman–Crippen MR) is 79.4 cm³/mol. The van der Waals surface area contributed by atoms with E-state index in [2.05, 4.69) is 29.7 Å². The average Bonchev–Trinajstić information content (AvgIpc) is 2.74. The van der Waals surface area contributed by atoms with Crippen molar-refractivity contribution in [1.29, 1.82) is 0 Å². The number of carbonyl (C=O) groups is 1. The van der Waals surface area contributed by atoms with Crippen LogP contribution >= 0.6 is 0 Å². The fraction of sp³-hybridized carbons (Fsp3) is 0.562. The lowest BCUT2D eigenvalue weighted by Crippen LogP contribution is -2.45. The van der Waals surface area contributed by atoms with E-state index in [0.717, 1.165) is 6.42 Å². The van der Waals surface area contributed by atoms with Gasteiger partial charge in [0.25, 0.3) is 0 Å². The first-order chi connectivity index (χ1) is 9.52. The molecule has 0 radical (unpaired) electrons.